The van der Waals surface area contributed by atoms with E-state index in [0.29, 0.717) is 12.0 Å². The summed E-state index contributed by atoms with van der Waals surface area (Å²) < 4.78 is 0. The molecule has 2 aromatic carbocycles. The molecule has 0 radical (unpaired) electrons. The molecule has 1 atom stereocenters. The van der Waals surface area contributed by atoms with Crippen molar-refractivity contribution in [3.05, 3.63) is 86.6 Å². The summed E-state index contributed by atoms with van der Waals surface area (Å²) >= 11 is 0. The number of ketones is 2. The van der Waals surface area contributed by atoms with Crippen LogP contribution < -0.4 is 10.4 Å². The summed E-state index contributed by atoms with van der Waals surface area (Å²) in [4.78, 5) is 38.1. The molecule has 1 aromatic heterocycles. The maximum atomic E-state index is 12.5. The first-order valence-electron chi connectivity index (χ1n) is 9.33. The summed E-state index contributed by atoms with van der Waals surface area (Å²) in [6, 6.07) is 11.9. The van der Waals surface area contributed by atoms with Crippen LogP contribution in [0.1, 0.15) is 33.3 Å². The van der Waals surface area contributed by atoms with Crippen LogP contribution in [0, 0.1) is 16.4 Å². The van der Waals surface area contributed by atoms with Crippen LogP contribution in [0.25, 0.3) is 12.2 Å². The smallest absolute Gasteiger partial charge is 0.358 e. The van der Waals surface area contributed by atoms with Gasteiger partial charge in [-0.05, 0) is 32.5 Å². The Labute approximate surface area is 170 Å². The second kappa shape index (κ2) is 7.79. The van der Waals surface area contributed by atoms with E-state index in [1.54, 1.807) is 6.08 Å². The van der Waals surface area contributed by atoms with Gasteiger partial charge in [-0.2, -0.15) is 0 Å². The number of Topliss-reactive ketones (excluding diaryl/α,β-unsaturated/α-hetero) is 2. The average Bonchev–Trinajstić information content (AvgIpc) is 2.75. The minimum absolute atomic E-state index is 0.0105. The molecule has 0 aliphatic heterocycles. The molecule has 7 heteroatoms. The van der Waals surface area contributed by atoms with Gasteiger partial charge in [-0.15, -0.1) is 10.2 Å². The van der Waals surface area contributed by atoms with Crippen molar-refractivity contribution in [1.29, 1.82) is 0 Å². The lowest BCUT2D eigenvalue weighted by molar-refractivity contribution is -0.120. The van der Waals surface area contributed by atoms with Crippen LogP contribution in [-0.2, 0) is 11.2 Å². The van der Waals surface area contributed by atoms with Crippen molar-refractivity contribution < 1.29 is 19.5 Å². The number of aromatic nitrogens is 3. The largest absolute Gasteiger partial charge is 0.476 e. The zero-order valence-corrected chi connectivity index (χ0v) is 16.1. The van der Waals surface area contributed by atoms with Crippen molar-refractivity contribution >= 4 is 29.7 Å². The van der Waals surface area contributed by atoms with Gasteiger partial charge < -0.3 is 5.11 Å². The number of aromatic carboxylic acids is 1. The highest BCUT2D eigenvalue weighted by Crippen LogP contribution is 2.18. The Kier molecular flexibility index (Phi) is 5.02. The van der Waals surface area contributed by atoms with Gasteiger partial charge in [0.25, 0.3) is 0 Å². The maximum Gasteiger partial charge on any atom is 0.358 e. The molecule has 7 nitrogen and oxygen atoms in total. The first-order valence-corrected chi connectivity index (χ1v) is 9.33. The van der Waals surface area contributed by atoms with Gasteiger partial charge in [0.2, 0.25) is 0 Å². The molecule has 0 bridgehead atoms. The van der Waals surface area contributed by atoms with Gasteiger partial charge in [0, 0.05) is 17.9 Å². The Hall–Kier alpha value is -4.00. The standard InChI is InChI=1S/C19H14O2.C4H3N3O2/c1-11-8-13-6-7-15-14-5-3-2-4-12(14)9-18(21)19(15)16(13)10-17(11)20;8-4(9)3-1-5-2-6-7-3/h2-9,11H,10H2,1H3;1-2H,(H,8,9). The number of benzene rings is 2. The third-order valence-electron chi connectivity index (χ3n) is 5.12. The van der Waals surface area contributed by atoms with E-state index in [1.807, 2.05) is 49.4 Å². The van der Waals surface area contributed by atoms with Crippen molar-refractivity contribution in [3.63, 3.8) is 0 Å². The van der Waals surface area contributed by atoms with Crippen molar-refractivity contribution in [2.24, 2.45) is 5.92 Å². The third-order valence-corrected chi connectivity index (χ3v) is 5.12. The van der Waals surface area contributed by atoms with Crippen LogP contribution in [0.5, 0.6) is 0 Å². The second-order valence-corrected chi connectivity index (χ2v) is 7.05. The van der Waals surface area contributed by atoms with E-state index in [1.165, 1.54) is 6.33 Å². The molecule has 0 amide bonds. The molecule has 0 spiro atoms. The zero-order chi connectivity index (χ0) is 21.3. The lowest BCUT2D eigenvalue weighted by Gasteiger charge is -2.17. The van der Waals surface area contributed by atoms with Crippen LogP contribution in [0.15, 0.2) is 48.9 Å². The molecule has 1 heterocycles. The Morgan fingerprint density at radius 1 is 1.07 bits per heavy atom. The van der Waals surface area contributed by atoms with Gasteiger partial charge in [-0.1, -0.05) is 49.4 Å². The van der Waals surface area contributed by atoms with E-state index in [0.717, 1.165) is 32.6 Å². The van der Waals surface area contributed by atoms with E-state index in [-0.39, 0.29) is 23.2 Å². The number of fused-ring (bicyclic) bond motifs is 4. The Morgan fingerprint density at radius 2 is 1.87 bits per heavy atom. The van der Waals surface area contributed by atoms with Crippen LogP contribution in [-0.4, -0.2) is 37.8 Å². The Bertz CT molecular complexity index is 1400. The number of hydrogen-bond acceptors (Lipinski definition) is 6. The molecule has 5 rings (SSSR count). The quantitative estimate of drug-likeness (QED) is 0.651. The Morgan fingerprint density at radius 3 is 2.57 bits per heavy atom. The molecule has 1 N–H and O–H groups in total. The van der Waals surface area contributed by atoms with Crippen molar-refractivity contribution in [1.82, 2.24) is 15.2 Å². The average molecular weight is 399 g/mol. The number of carboxylic acid groups (broad SMARTS) is 1. The van der Waals surface area contributed by atoms with E-state index < -0.39 is 5.97 Å². The molecule has 2 aliphatic rings. The number of carbonyl (C=O) groups excluding carboxylic acids is 2. The number of rotatable bonds is 1. The van der Waals surface area contributed by atoms with Crippen LogP contribution >= 0.6 is 0 Å². The first kappa shape index (κ1) is 19.3. The fourth-order valence-corrected chi connectivity index (χ4v) is 3.64. The van der Waals surface area contributed by atoms with Gasteiger partial charge in [-0.25, -0.2) is 9.78 Å². The topological polar surface area (TPSA) is 110 Å². The van der Waals surface area contributed by atoms with Crippen LogP contribution in [0.2, 0.25) is 0 Å². The summed E-state index contributed by atoms with van der Waals surface area (Å²) in [6.45, 7) is 1.91. The summed E-state index contributed by atoms with van der Waals surface area (Å²) in [5, 5.41) is 18.8. The molecular formula is C23H17N3O4. The van der Waals surface area contributed by atoms with Crippen molar-refractivity contribution in [3.8, 4) is 0 Å². The van der Waals surface area contributed by atoms with Gasteiger partial charge in [0.1, 0.15) is 12.1 Å². The highest BCUT2D eigenvalue weighted by molar-refractivity contribution is 6.19. The fourth-order valence-electron chi connectivity index (χ4n) is 3.64. The number of carboxylic acids is 1. The molecule has 148 valence electrons. The molecule has 0 saturated heterocycles. The summed E-state index contributed by atoms with van der Waals surface area (Å²) in [5.41, 5.74) is 1.46. The molecule has 1 unspecified atom stereocenters. The van der Waals surface area contributed by atoms with E-state index in [2.05, 4.69) is 15.2 Å². The summed E-state index contributed by atoms with van der Waals surface area (Å²) in [7, 11) is 0. The lowest BCUT2D eigenvalue weighted by Crippen LogP contribution is -2.29. The normalized spacial score (nSPS) is 16.0. The van der Waals surface area contributed by atoms with Crippen molar-refractivity contribution in [2.45, 2.75) is 13.3 Å². The lowest BCUT2D eigenvalue weighted by atomic mass is 9.84. The zero-order valence-electron chi connectivity index (χ0n) is 16.1. The minimum Gasteiger partial charge on any atom is -0.476 e. The number of carbonyl (C=O) groups is 3. The predicted molar refractivity (Wildman–Crippen MR) is 108 cm³/mol. The monoisotopic (exact) mass is 399 g/mol. The predicted octanol–water partition coefficient (Wildman–Crippen LogP) is 1.06. The van der Waals surface area contributed by atoms with E-state index in [9.17, 15) is 14.4 Å². The fraction of sp³-hybridized carbons (Fsp3) is 0.130. The molecule has 0 saturated carbocycles. The maximum absolute atomic E-state index is 12.5. The Balaban J connectivity index is 0.000000204. The minimum atomic E-state index is -1.12. The summed E-state index contributed by atoms with van der Waals surface area (Å²) in [6.07, 6.45) is 6.31. The number of hydrogen-bond donors (Lipinski definition) is 1. The first-order chi connectivity index (χ1) is 14.5. The van der Waals surface area contributed by atoms with Crippen LogP contribution in [0.3, 0.4) is 0 Å². The highest BCUT2D eigenvalue weighted by atomic mass is 16.4. The van der Waals surface area contributed by atoms with Crippen molar-refractivity contribution in [2.75, 3.05) is 0 Å². The number of nitrogens with zero attached hydrogens (tertiary/aromatic N) is 3. The molecule has 30 heavy (non-hydrogen) atoms. The molecule has 3 aromatic rings. The molecular weight excluding hydrogens is 382 g/mol. The summed E-state index contributed by atoms with van der Waals surface area (Å²) in [5.74, 6) is -0.986. The molecule has 2 aliphatic carbocycles. The van der Waals surface area contributed by atoms with E-state index >= 15 is 0 Å². The second-order valence-electron chi connectivity index (χ2n) is 7.05. The molecule has 0 fully saturated rings. The SMILES string of the molecule is CC1C=c2ccc3c(c2CC1=O)C(=O)C=c1ccccc1=3.O=C(O)c1cncnn1. The third kappa shape index (κ3) is 3.53. The van der Waals surface area contributed by atoms with Gasteiger partial charge in [0.05, 0.1) is 6.20 Å². The van der Waals surface area contributed by atoms with Crippen LogP contribution in [0.4, 0.5) is 0 Å². The van der Waals surface area contributed by atoms with Gasteiger partial charge >= 0.3 is 5.97 Å². The van der Waals surface area contributed by atoms with E-state index in [4.69, 9.17) is 5.11 Å². The van der Waals surface area contributed by atoms with Gasteiger partial charge in [-0.3, -0.25) is 9.59 Å². The highest BCUT2D eigenvalue weighted by Gasteiger charge is 2.23. The van der Waals surface area contributed by atoms with Gasteiger partial charge in [0.15, 0.2) is 11.5 Å².